The lowest BCUT2D eigenvalue weighted by Crippen LogP contribution is -2.83. The van der Waals surface area contributed by atoms with Gasteiger partial charge in [-0.3, -0.25) is 9.69 Å². The number of para-hydroxylation sites is 1. The maximum Gasteiger partial charge on any atom is 0.340 e. The second-order valence-electron chi connectivity index (χ2n) is 13.7. The first kappa shape index (κ1) is 28.7. The lowest BCUT2D eigenvalue weighted by Gasteiger charge is -2.70. The molecule has 230 valence electrons. The van der Waals surface area contributed by atoms with Crippen LogP contribution in [-0.4, -0.2) is 103 Å². The van der Waals surface area contributed by atoms with Crippen molar-refractivity contribution in [3.63, 3.8) is 0 Å². The van der Waals surface area contributed by atoms with Gasteiger partial charge in [-0.1, -0.05) is 19.1 Å². The van der Waals surface area contributed by atoms with E-state index in [1.807, 2.05) is 0 Å². The van der Waals surface area contributed by atoms with E-state index >= 15 is 0 Å². The zero-order chi connectivity index (χ0) is 29.8. The highest BCUT2D eigenvalue weighted by atomic mass is 16.6. The van der Waals surface area contributed by atoms with Gasteiger partial charge in [-0.25, -0.2) is 4.79 Å². The van der Waals surface area contributed by atoms with Crippen molar-refractivity contribution in [1.29, 1.82) is 0 Å². The number of benzene rings is 1. The van der Waals surface area contributed by atoms with Gasteiger partial charge in [-0.05, 0) is 44.4 Å². The summed E-state index contributed by atoms with van der Waals surface area (Å²) in [4.78, 5) is 28.3. The van der Waals surface area contributed by atoms with Gasteiger partial charge in [0, 0.05) is 76.3 Å². The van der Waals surface area contributed by atoms with Crippen LogP contribution in [0.25, 0.3) is 0 Å². The standard InChI is InChI=1S/C32H44N2O8/c1-6-34-16-29(42-28(36)18-9-7-8-10-21(18)33-17(2)35)12-11-25(40-4)31-23(29)14-20(26(31)34)30(37)15-22(39-3)19-13-24(31)32(30,38)27(19)41-5/h7-10,19-20,22-27,37-38H,6,11-16H2,1-5H3,(H,33,35)/t19?,20?,22-,23+,24-,25?,26-,27-,29+,30-,31?,32-/m0/s1. The molecule has 0 radical (unpaired) electrons. The quantitative estimate of drug-likeness (QED) is 0.414. The van der Waals surface area contributed by atoms with Crippen LogP contribution in [0.15, 0.2) is 24.3 Å². The van der Waals surface area contributed by atoms with Gasteiger partial charge in [0.05, 0.1) is 29.6 Å². The van der Waals surface area contributed by atoms with Crippen LogP contribution in [0.5, 0.6) is 0 Å². The normalized spacial score (nSPS) is 48.2. The summed E-state index contributed by atoms with van der Waals surface area (Å²) in [5.74, 6) is -1.54. The van der Waals surface area contributed by atoms with Gasteiger partial charge in [-0.2, -0.15) is 0 Å². The summed E-state index contributed by atoms with van der Waals surface area (Å²) in [7, 11) is 5.05. The van der Waals surface area contributed by atoms with E-state index in [4.69, 9.17) is 18.9 Å². The van der Waals surface area contributed by atoms with Crippen molar-refractivity contribution in [2.24, 2.45) is 29.1 Å². The van der Waals surface area contributed by atoms with Crippen LogP contribution in [0.1, 0.15) is 56.3 Å². The Labute approximate surface area is 247 Å². The summed E-state index contributed by atoms with van der Waals surface area (Å²) >= 11 is 0. The SMILES string of the molecule is CCN1C[C@]2(OC(=O)c3ccccc3NC(C)=O)CCC(OC)C34[C@@H]1C(C[C@@H]32)[C@@]1(O)C[C@H](OC)C2C[C@@H]4[C@]1(O)[C@H]2OC. The monoisotopic (exact) mass is 584 g/mol. The van der Waals surface area contributed by atoms with Gasteiger partial charge >= 0.3 is 5.97 Å². The number of rotatable bonds is 7. The van der Waals surface area contributed by atoms with Crippen LogP contribution in [0.3, 0.4) is 0 Å². The molecule has 5 saturated carbocycles. The summed E-state index contributed by atoms with van der Waals surface area (Å²) in [6.45, 7) is 4.79. The summed E-state index contributed by atoms with van der Waals surface area (Å²) in [5, 5.41) is 28.4. The molecule has 10 nitrogen and oxygen atoms in total. The van der Waals surface area contributed by atoms with Gasteiger partial charge in [0.25, 0.3) is 0 Å². The molecule has 6 fully saturated rings. The number of carbonyl (C=O) groups excluding carboxylic acids is 2. The molecule has 10 heteroatoms. The minimum absolute atomic E-state index is 0.0432. The van der Waals surface area contributed by atoms with Crippen molar-refractivity contribution in [2.75, 3.05) is 39.7 Å². The Bertz CT molecular complexity index is 1290. The Morgan fingerprint density at radius 1 is 1.07 bits per heavy atom. The first-order valence-electron chi connectivity index (χ1n) is 15.4. The fourth-order valence-electron chi connectivity index (χ4n) is 11.6. The molecule has 7 bridgehead atoms. The molecule has 1 spiro atoms. The van der Waals surface area contributed by atoms with E-state index in [9.17, 15) is 19.8 Å². The molecule has 1 aromatic carbocycles. The molecule has 6 aliphatic rings. The Kier molecular flexibility index (Phi) is 6.46. The van der Waals surface area contributed by atoms with Crippen LogP contribution in [-0.2, 0) is 23.7 Å². The molecular formula is C32H44N2O8. The third kappa shape index (κ3) is 3.21. The zero-order valence-electron chi connectivity index (χ0n) is 25.2. The average Bonchev–Trinajstić information content (AvgIpc) is 3.39. The fraction of sp³-hybridized carbons (Fsp3) is 0.750. The fourth-order valence-corrected chi connectivity index (χ4v) is 11.6. The zero-order valence-corrected chi connectivity index (χ0v) is 25.2. The smallest absolute Gasteiger partial charge is 0.340 e. The van der Waals surface area contributed by atoms with E-state index < -0.39 is 34.3 Å². The number of ether oxygens (including phenoxy) is 4. The number of methoxy groups -OCH3 is 3. The topological polar surface area (TPSA) is 127 Å². The molecule has 1 amide bonds. The minimum Gasteiger partial charge on any atom is -0.454 e. The first-order chi connectivity index (χ1) is 20.1. The number of esters is 1. The number of carbonyl (C=O) groups is 2. The van der Waals surface area contributed by atoms with E-state index in [-0.39, 0.29) is 47.8 Å². The van der Waals surface area contributed by atoms with Crippen LogP contribution in [0.4, 0.5) is 5.69 Å². The van der Waals surface area contributed by atoms with E-state index in [0.29, 0.717) is 56.4 Å². The molecule has 3 N–H and O–H groups in total. The summed E-state index contributed by atoms with van der Waals surface area (Å²) in [5.41, 5.74) is -3.57. The molecule has 42 heavy (non-hydrogen) atoms. The summed E-state index contributed by atoms with van der Waals surface area (Å²) in [6, 6.07) is 6.89. The number of fused-ring (bicyclic) bond motifs is 2. The van der Waals surface area contributed by atoms with Crippen molar-refractivity contribution in [3.8, 4) is 0 Å². The van der Waals surface area contributed by atoms with Crippen LogP contribution < -0.4 is 5.32 Å². The van der Waals surface area contributed by atoms with Crippen molar-refractivity contribution in [3.05, 3.63) is 29.8 Å². The minimum atomic E-state index is -1.48. The lowest BCUT2D eigenvalue weighted by molar-refractivity contribution is -0.337. The number of piperidine rings is 1. The maximum absolute atomic E-state index is 14.0. The van der Waals surface area contributed by atoms with Crippen molar-refractivity contribution >= 4 is 17.6 Å². The number of amides is 1. The second kappa shape index (κ2) is 9.46. The van der Waals surface area contributed by atoms with Crippen molar-refractivity contribution in [2.45, 2.75) is 87.1 Å². The summed E-state index contributed by atoms with van der Waals surface area (Å²) < 4.78 is 25.1. The van der Waals surface area contributed by atoms with Gasteiger partial charge in [0.1, 0.15) is 16.8 Å². The Morgan fingerprint density at radius 2 is 1.83 bits per heavy atom. The number of nitrogens with one attached hydrogen (secondary N) is 1. The molecule has 0 aromatic heterocycles. The number of anilines is 1. The van der Waals surface area contributed by atoms with Crippen molar-refractivity contribution < 1.29 is 38.7 Å². The average molecular weight is 585 g/mol. The Morgan fingerprint density at radius 3 is 2.50 bits per heavy atom. The number of nitrogens with zero attached hydrogens (tertiary/aromatic N) is 1. The highest BCUT2D eigenvalue weighted by molar-refractivity contribution is 6.00. The molecule has 4 unspecified atom stereocenters. The van der Waals surface area contributed by atoms with Gasteiger partial charge in [0.2, 0.25) is 5.91 Å². The second-order valence-corrected chi connectivity index (χ2v) is 13.7. The van der Waals surface area contributed by atoms with Crippen molar-refractivity contribution in [1.82, 2.24) is 4.90 Å². The van der Waals surface area contributed by atoms with Gasteiger partial charge < -0.3 is 34.5 Å². The maximum atomic E-state index is 14.0. The highest BCUT2D eigenvalue weighted by Crippen LogP contribution is 2.79. The number of hydrogen-bond acceptors (Lipinski definition) is 9. The number of aliphatic hydroxyl groups is 2. The lowest BCUT2D eigenvalue weighted by atomic mass is 9.44. The molecule has 12 atom stereocenters. The van der Waals surface area contributed by atoms with Crippen LogP contribution in [0, 0.1) is 29.1 Å². The number of hydrogen-bond donors (Lipinski definition) is 3. The molecule has 1 saturated heterocycles. The van der Waals surface area contributed by atoms with Gasteiger partial charge in [-0.15, -0.1) is 0 Å². The molecule has 7 rings (SSSR count). The molecule has 1 aliphatic heterocycles. The molecule has 5 aliphatic carbocycles. The Hall–Kier alpha value is -2.08. The Balaban J connectivity index is 1.38. The third-order valence-corrected chi connectivity index (χ3v) is 12.6. The van der Waals surface area contributed by atoms with E-state index in [2.05, 4.69) is 17.1 Å². The third-order valence-electron chi connectivity index (χ3n) is 12.6. The summed E-state index contributed by atoms with van der Waals surface area (Å²) in [6.07, 6.45) is 1.91. The van der Waals surface area contributed by atoms with Crippen LogP contribution in [0.2, 0.25) is 0 Å². The molecule has 1 aromatic rings. The largest absolute Gasteiger partial charge is 0.454 e. The van der Waals surface area contributed by atoms with E-state index in [1.165, 1.54) is 6.92 Å². The predicted octanol–water partition coefficient (Wildman–Crippen LogP) is 2.22. The van der Waals surface area contributed by atoms with Crippen LogP contribution >= 0.6 is 0 Å². The number of likely N-dealkylation sites (tertiary alicyclic amines) is 1. The van der Waals surface area contributed by atoms with E-state index in [1.54, 1.807) is 45.6 Å². The predicted molar refractivity (Wildman–Crippen MR) is 152 cm³/mol. The first-order valence-corrected chi connectivity index (χ1v) is 15.4. The number of likely N-dealkylation sites (N-methyl/N-ethyl adjacent to an activating group) is 1. The molecular weight excluding hydrogens is 540 g/mol. The highest BCUT2D eigenvalue weighted by Gasteiger charge is 2.89. The van der Waals surface area contributed by atoms with E-state index in [0.717, 1.165) is 0 Å². The van der Waals surface area contributed by atoms with Gasteiger partial charge in [0.15, 0.2) is 0 Å². The molecule has 1 heterocycles.